The van der Waals surface area contributed by atoms with Gasteiger partial charge in [-0.15, -0.1) is 0 Å². The zero-order chi connectivity index (χ0) is 15.0. The van der Waals surface area contributed by atoms with Crippen LogP contribution in [0.25, 0.3) is 0 Å². The number of hydrogen-bond acceptors (Lipinski definition) is 5. The molecule has 5 heteroatoms. The van der Waals surface area contributed by atoms with Gasteiger partial charge in [0.25, 0.3) is 0 Å². The van der Waals surface area contributed by atoms with Gasteiger partial charge < -0.3 is 20.1 Å². The molecule has 1 saturated heterocycles. The lowest BCUT2D eigenvalue weighted by molar-refractivity contribution is -0.149. The van der Waals surface area contributed by atoms with E-state index in [0.29, 0.717) is 19.1 Å². The highest BCUT2D eigenvalue weighted by molar-refractivity contribution is 5.79. The highest BCUT2D eigenvalue weighted by Crippen LogP contribution is 2.16. The Balaban J connectivity index is 2.14. The molecule has 1 fully saturated rings. The van der Waals surface area contributed by atoms with Gasteiger partial charge in [-0.2, -0.15) is 0 Å². The van der Waals surface area contributed by atoms with Crippen molar-refractivity contribution in [3.8, 4) is 0 Å². The summed E-state index contributed by atoms with van der Waals surface area (Å²) in [6.07, 6.45) is 5.38. The molecule has 0 aromatic rings. The van der Waals surface area contributed by atoms with Gasteiger partial charge in [0.1, 0.15) is 5.54 Å². The van der Waals surface area contributed by atoms with Gasteiger partial charge >= 0.3 is 5.97 Å². The molecular weight excluding hydrogens is 256 g/mol. The number of esters is 1. The molecule has 0 spiro atoms. The number of piperidine rings is 1. The lowest BCUT2D eigenvalue weighted by atomic mass is 9.96. The summed E-state index contributed by atoms with van der Waals surface area (Å²) in [6.45, 7) is 7.24. The largest absolute Gasteiger partial charge is 0.465 e. The summed E-state index contributed by atoms with van der Waals surface area (Å²) in [5.41, 5.74) is 5.15. The van der Waals surface area contributed by atoms with Crippen molar-refractivity contribution in [3.05, 3.63) is 0 Å². The smallest absolute Gasteiger partial charge is 0.325 e. The third kappa shape index (κ3) is 5.77. The number of carbonyl (C=O) groups excluding carboxylic acids is 1. The lowest BCUT2D eigenvalue weighted by Gasteiger charge is -2.31. The minimum absolute atomic E-state index is 0.291. The van der Waals surface area contributed by atoms with E-state index in [-0.39, 0.29) is 5.97 Å². The molecule has 2 N–H and O–H groups in total. The van der Waals surface area contributed by atoms with Gasteiger partial charge in [0.15, 0.2) is 0 Å². The fourth-order valence-corrected chi connectivity index (χ4v) is 2.59. The molecule has 0 saturated carbocycles. The van der Waals surface area contributed by atoms with Crippen molar-refractivity contribution >= 4 is 5.97 Å². The second-order valence-corrected chi connectivity index (χ2v) is 5.87. The van der Waals surface area contributed by atoms with E-state index >= 15 is 0 Å². The van der Waals surface area contributed by atoms with Crippen molar-refractivity contribution in [1.29, 1.82) is 0 Å². The predicted molar refractivity (Wildman–Crippen MR) is 79.5 cm³/mol. The Kier molecular flexibility index (Phi) is 7.48. The van der Waals surface area contributed by atoms with E-state index in [1.165, 1.54) is 0 Å². The topological polar surface area (TPSA) is 64.8 Å². The highest BCUT2D eigenvalue weighted by atomic mass is 16.5. The van der Waals surface area contributed by atoms with E-state index in [9.17, 15) is 4.79 Å². The third-order valence-corrected chi connectivity index (χ3v) is 4.03. The number of nitrogens with zero attached hydrogens (tertiary/aromatic N) is 1. The number of hydrogen-bond donors (Lipinski definition) is 1. The van der Waals surface area contributed by atoms with Crippen LogP contribution in [0.5, 0.6) is 0 Å². The Morgan fingerprint density at radius 2 is 2.00 bits per heavy atom. The summed E-state index contributed by atoms with van der Waals surface area (Å²) in [7, 11) is 1.79. The zero-order valence-electron chi connectivity index (χ0n) is 13.2. The standard InChI is InChI=1S/C15H30N2O3/c1-4-20-14(18)15(2,16)9-5-6-10-17-11-7-13(19-3)8-12-17/h13H,4-12,16H2,1-3H3. The van der Waals surface area contributed by atoms with E-state index in [2.05, 4.69) is 4.90 Å². The van der Waals surface area contributed by atoms with Gasteiger partial charge in [0.2, 0.25) is 0 Å². The predicted octanol–water partition coefficient (Wildman–Crippen LogP) is 1.55. The molecule has 0 aromatic heterocycles. The monoisotopic (exact) mass is 286 g/mol. The summed E-state index contributed by atoms with van der Waals surface area (Å²) in [5.74, 6) is -0.291. The summed E-state index contributed by atoms with van der Waals surface area (Å²) in [5, 5.41) is 0. The van der Waals surface area contributed by atoms with Crippen LogP contribution in [0.2, 0.25) is 0 Å². The number of nitrogens with two attached hydrogens (primary N) is 1. The second-order valence-electron chi connectivity index (χ2n) is 5.87. The van der Waals surface area contributed by atoms with E-state index < -0.39 is 5.54 Å². The quantitative estimate of drug-likeness (QED) is 0.542. The Morgan fingerprint density at radius 1 is 1.35 bits per heavy atom. The number of unbranched alkanes of at least 4 members (excludes halogenated alkanes) is 1. The molecule has 1 rings (SSSR count). The number of rotatable bonds is 8. The van der Waals surface area contributed by atoms with Crippen LogP contribution in [0.1, 0.15) is 46.0 Å². The van der Waals surface area contributed by atoms with Crippen LogP contribution in [0, 0.1) is 0 Å². The molecule has 1 heterocycles. The molecule has 1 unspecified atom stereocenters. The first-order valence-electron chi connectivity index (χ1n) is 7.71. The van der Waals surface area contributed by atoms with Gasteiger partial charge in [-0.25, -0.2) is 0 Å². The molecule has 5 nitrogen and oxygen atoms in total. The molecule has 20 heavy (non-hydrogen) atoms. The first kappa shape index (κ1) is 17.4. The van der Waals surface area contributed by atoms with Gasteiger partial charge in [-0.05, 0) is 52.5 Å². The Bertz CT molecular complexity index is 287. The van der Waals surface area contributed by atoms with Crippen LogP contribution in [0.4, 0.5) is 0 Å². The Labute approximate surface area is 122 Å². The molecule has 0 bridgehead atoms. The molecule has 1 atom stereocenters. The molecule has 1 aliphatic rings. The summed E-state index contributed by atoms with van der Waals surface area (Å²) >= 11 is 0. The van der Waals surface area contributed by atoms with Crippen molar-refractivity contribution < 1.29 is 14.3 Å². The molecule has 0 aliphatic carbocycles. The van der Waals surface area contributed by atoms with Crippen LogP contribution in [-0.2, 0) is 14.3 Å². The van der Waals surface area contributed by atoms with Gasteiger partial charge in [-0.1, -0.05) is 0 Å². The van der Waals surface area contributed by atoms with Gasteiger partial charge in [0.05, 0.1) is 12.7 Å². The normalized spacial score (nSPS) is 20.6. The van der Waals surface area contributed by atoms with E-state index in [0.717, 1.165) is 45.3 Å². The van der Waals surface area contributed by atoms with E-state index in [1.54, 1.807) is 21.0 Å². The number of likely N-dealkylation sites (tertiary alicyclic amines) is 1. The highest BCUT2D eigenvalue weighted by Gasteiger charge is 2.29. The van der Waals surface area contributed by atoms with Crippen molar-refractivity contribution in [1.82, 2.24) is 4.90 Å². The van der Waals surface area contributed by atoms with Crippen molar-refractivity contribution in [2.45, 2.75) is 57.6 Å². The third-order valence-electron chi connectivity index (χ3n) is 4.03. The summed E-state index contributed by atoms with van der Waals surface area (Å²) in [4.78, 5) is 14.1. The number of carbonyl (C=O) groups is 1. The molecule has 1 aliphatic heterocycles. The second kappa shape index (κ2) is 8.60. The fourth-order valence-electron chi connectivity index (χ4n) is 2.59. The first-order valence-corrected chi connectivity index (χ1v) is 7.71. The summed E-state index contributed by atoms with van der Waals surface area (Å²) < 4.78 is 10.4. The van der Waals surface area contributed by atoms with Crippen LogP contribution >= 0.6 is 0 Å². The van der Waals surface area contributed by atoms with Crippen LogP contribution in [0.3, 0.4) is 0 Å². The number of methoxy groups -OCH3 is 1. The number of ether oxygens (including phenoxy) is 2. The van der Waals surface area contributed by atoms with Crippen LogP contribution in [0.15, 0.2) is 0 Å². The van der Waals surface area contributed by atoms with Crippen molar-refractivity contribution in [2.75, 3.05) is 33.4 Å². The van der Waals surface area contributed by atoms with Gasteiger partial charge in [0, 0.05) is 20.2 Å². The Morgan fingerprint density at radius 3 is 2.55 bits per heavy atom. The molecule has 0 amide bonds. The van der Waals surface area contributed by atoms with Crippen molar-refractivity contribution in [2.24, 2.45) is 5.73 Å². The average Bonchev–Trinajstić information content (AvgIpc) is 2.44. The molecule has 0 aromatic carbocycles. The zero-order valence-corrected chi connectivity index (χ0v) is 13.2. The van der Waals surface area contributed by atoms with Crippen LogP contribution < -0.4 is 5.73 Å². The van der Waals surface area contributed by atoms with Gasteiger partial charge in [-0.3, -0.25) is 4.79 Å². The van der Waals surface area contributed by atoms with Crippen molar-refractivity contribution in [3.63, 3.8) is 0 Å². The molecule has 0 radical (unpaired) electrons. The van der Waals surface area contributed by atoms with E-state index in [4.69, 9.17) is 15.2 Å². The maximum absolute atomic E-state index is 11.7. The molecule has 118 valence electrons. The van der Waals surface area contributed by atoms with Crippen LogP contribution in [-0.4, -0.2) is 55.9 Å². The Hall–Kier alpha value is -0.650. The SMILES string of the molecule is CCOC(=O)C(C)(N)CCCCN1CCC(OC)CC1. The summed E-state index contributed by atoms with van der Waals surface area (Å²) in [6, 6.07) is 0. The minimum atomic E-state index is -0.848. The average molecular weight is 286 g/mol. The maximum Gasteiger partial charge on any atom is 0.325 e. The molecular formula is C15H30N2O3. The lowest BCUT2D eigenvalue weighted by Crippen LogP contribution is -2.46. The fraction of sp³-hybridized carbons (Fsp3) is 0.933. The first-order chi connectivity index (χ1) is 9.49. The maximum atomic E-state index is 11.7. The van der Waals surface area contributed by atoms with E-state index in [1.807, 2.05) is 0 Å². The minimum Gasteiger partial charge on any atom is -0.465 e.